The van der Waals surface area contributed by atoms with E-state index in [1.54, 1.807) is 40.0 Å². The van der Waals surface area contributed by atoms with E-state index in [4.69, 9.17) is 41.4 Å². The molecule has 0 aromatic heterocycles. The van der Waals surface area contributed by atoms with E-state index in [0.29, 0.717) is 59.2 Å². The number of carboxylic acid groups (broad SMARTS) is 1. The number of hydrogen-bond acceptors (Lipinski definition) is 16. The number of rotatable bonds is 22. The normalized spacial score (nSPS) is 21.2. The molecule has 0 aliphatic carbocycles. The fourth-order valence-electron chi connectivity index (χ4n) is 8.59. The standard InChI is InChI=1S/C30H41BrF2N6O9.C27H37ClN2O7S.C3H8/c1-16(14-31)29(46)48-17(2)8-5-6-10-24(40)36-15-25(41)37-22(9-7-11-35-30(34)47)26(42)38-23-13-20(32)19(12-21(23)33)27(43)39(4)18(3)28(44)45;1-16-8-7-9-22(36-6)27(34)15-21(37-25(32)29-27)17(2)38-26(3,33)11-10-23(31)30(4)19-13-18(12-16)14-20(35-5)24(19)28;1-3-2/h12-13,17-18,22H,1,5-11,14-15H2,2-4H3,(H,36,40)(H,37,41)(H,38,42)(H,44,45)(H3,34,35,47);7-9,13-14,17,21-22,33-34H,10-12,15H2,1-6H3,(H,29,32);3H2,1-2H3/b;9-7+,16-8+;/t17?,18-,22?;17-,21?,22-,26-,27+;/m01./s1. The molecule has 4 rings (SSSR count). The van der Waals surface area contributed by atoms with Gasteiger partial charge in [-0.3, -0.25) is 29.3 Å². The zero-order valence-corrected chi connectivity index (χ0v) is 55.3. The van der Waals surface area contributed by atoms with Gasteiger partial charge in [-0.1, -0.05) is 78.2 Å². The Kier molecular flexibility index (Phi) is 33.4. The van der Waals surface area contributed by atoms with Gasteiger partial charge in [0.25, 0.3) is 5.91 Å². The van der Waals surface area contributed by atoms with Crippen LogP contribution in [0.2, 0.25) is 5.02 Å². The van der Waals surface area contributed by atoms with Crippen molar-refractivity contribution < 1.29 is 86.2 Å². The predicted octanol–water partition coefficient (Wildman–Crippen LogP) is 7.54. The van der Waals surface area contributed by atoms with Crippen LogP contribution in [0.4, 0.5) is 29.7 Å². The number of esters is 1. The summed E-state index contributed by atoms with van der Waals surface area (Å²) in [6.07, 6.45) is 6.25. The van der Waals surface area contributed by atoms with Gasteiger partial charge in [-0.25, -0.2) is 28.0 Å². The zero-order valence-electron chi connectivity index (χ0n) is 52.2. The molecule has 24 nitrogen and oxygen atoms in total. The average Bonchev–Trinajstić information content (AvgIpc) is 2.04. The second-order valence-electron chi connectivity index (χ2n) is 21.5. The molecule has 89 heavy (non-hydrogen) atoms. The maximum absolute atomic E-state index is 14.9. The maximum Gasteiger partial charge on any atom is 0.409 e. The topological polar surface area (TPSA) is 344 Å². The summed E-state index contributed by atoms with van der Waals surface area (Å²) in [5.74, 6) is -7.43. The molecule has 8 amide bonds. The van der Waals surface area contributed by atoms with E-state index in [1.807, 2.05) is 25.1 Å². The number of aliphatic hydroxyl groups is 2. The molecule has 2 heterocycles. The highest BCUT2D eigenvalue weighted by molar-refractivity contribution is 9.09. The second kappa shape index (κ2) is 38.0. The van der Waals surface area contributed by atoms with E-state index in [9.17, 15) is 62.1 Å². The lowest BCUT2D eigenvalue weighted by Crippen LogP contribution is -2.63. The van der Waals surface area contributed by atoms with E-state index >= 15 is 0 Å². The van der Waals surface area contributed by atoms with Crippen LogP contribution in [0.15, 0.2) is 60.2 Å². The smallest absolute Gasteiger partial charge is 0.409 e. The van der Waals surface area contributed by atoms with Crippen molar-refractivity contribution in [3.05, 3.63) is 88.0 Å². The number of urea groups is 1. The molecule has 2 aromatic rings. The molecule has 1 fully saturated rings. The molecule has 0 saturated carbocycles. The number of unbranched alkanes of at least 4 members (excludes halogenated alkanes) is 1. The number of nitrogens with one attached hydrogen (secondary N) is 5. The number of ether oxygens (including phenoxy) is 4. The van der Waals surface area contributed by atoms with Crippen LogP contribution in [0.1, 0.15) is 129 Å². The summed E-state index contributed by atoms with van der Waals surface area (Å²) in [6, 6.07) is 1.23. The van der Waals surface area contributed by atoms with Gasteiger partial charge >= 0.3 is 24.1 Å². The van der Waals surface area contributed by atoms with Crippen LogP contribution >= 0.6 is 39.3 Å². The number of thioether (sulfide) groups is 1. The van der Waals surface area contributed by atoms with Crippen LogP contribution in [0.3, 0.4) is 0 Å². The number of carbonyl (C=O) groups is 9. The van der Waals surface area contributed by atoms with Crippen molar-refractivity contribution in [1.29, 1.82) is 0 Å². The van der Waals surface area contributed by atoms with Crippen molar-refractivity contribution in [2.24, 2.45) is 5.73 Å². The van der Waals surface area contributed by atoms with Crippen molar-refractivity contribution >= 4 is 104 Å². The van der Waals surface area contributed by atoms with Crippen molar-refractivity contribution in [2.75, 3.05) is 57.0 Å². The number of nitrogens with zero attached hydrogens (tertiary/aromatic N) is 2. The summed E-state index contributed by atoms with van der Waals surface area (Å²) in [7, 11) is 5.72. The number of alkyl halides is 1. The van der Waals surface area contributed by atoms with E-state index in [0.717, 1.165) is 18.2 Å². The largest absolute Gasteiger partial charge is 0.495 e. The summed E-state index contributed by atoms with van der Waals surface area (Å²) in [5.41, 5.74) is 4.55. The van der Waals surface area contributed by atoms with Crippen LogP contribution in [-0.2, 0) is 49.4 Å². The zero-order chi connectivity index (χ0) is 67.5. The SMILES string of the molecule is C=C(CBr)C(=O)OC(C)CCCCC(=O)NCC(=O)NC(CCCNC(N)=O)C(=O)Nc1cc(F)c(C(=O)N(C)[C@@H](C)C(=O)O)cc1F.CCC.COc1cc2cc(c1Cl)N(C)C(=O)CC[C@](C)(O)S[C@H](C)C1C[C@@](O)(NC(=O)O1)[C@H](OC)/C=C/C=C(\C)C2. The minimum Gasteiger partial charge on any atom is -0.495 e. The fourth-order valence-corrected chi connectivity index (χ4v) is 10.5. The first kappa shape index (κ1) is 78.2. The maximum atomic E-state index is 14.9. The Morgan fingerprint density at radius 1 is 1.02 bits per heavy atom. The number of carboxylic acids is 1. The number of likely N-dealkylation sites (N-methyl/N-ethyl adjacent to an activating group) is 1. The van der Waals surface area contributed by atoms with Gasteiger partial charge in [0, 0.05) is 69.2 Å². The number of allylic oxidation sites excluding steroid dienone is 3. The van der Waals surface area contributed by atoms with Gasteiger partial charge in [0.15, 0.2) is 5.72 Å². The molecular formula is C60H86BrClF2N8O16S. The van der Waals surface area contributed by atoms with Gasteiger partial charge in [-0.15, -0.1) is 11.8 Å². The molecule has 4 bridgehead atoms. The number of halogens is 4. The Morgan fingerprint density at radius 3 is 2.29 bits per heavy atom. The molecule has 2 aromatic carbocycles. The number of alkyl carbamates (subject to hydrolysis) is 1. The molecule has 0 radical (unpaired) electrons. The first-order valence-corrected chi connectivity index (χ1v) is 31.0. The summed E-state index contributed by atoms with van der Waals surface area (Å²) in [4.78, 5) is 111. The summed E-state index contributed by atoms with van der Waals surface area (Å²) < 4.78 is 51.4. The van der Waals surface area contributed by atoms with Crippen molar-refractivity contribution in [2.45, 2.75) is 165 Å². The Labute approximate surface area is 535 Å². The summed E-state index contributed by atoms with van der Waals surface area (Å²) >= 11 is 10.9. The molecule has 2 aliphatic rings. The number of primary amides is 1. The van der Waals surface area contributed by atoms with Crippen LogP contribution in [0, 0.1) is 11.6 Å². The summed E-state index contributed by atoms with van der Waals surface area (Å²) in [5, 5.41) is 43.5. The van der Waals surface area contributed by atoms with Crippen molar-refractivity contribution in [1.82, 2.24) is 26.2 Å². The number of amides is 8. The number of anilines is 2. The van der Waals surface area contributed by atoms with Gasteiger partial charge in [-0.05, 0) is 103 Å². The van der Waals surface area contributed by atoms with E-state index in [2.05, 4.69) is 62.9 Å². The number of carbonyl (C=O) groups excluding carboxylic acids is 8. The molecule has 2 aliphatic heterocycles. The van der Waals surface area contributed by atoms with Crippen molar-refractivity contribution in [3.63, 3.8) is 0 Å². The van der Waals surface area contributed by atoms with Gasteiger partial charge in [-0.2, -0.15) is 0 Å². The molecule has 3 unspecified atom stereocenters. The Balaban J connectivity index is 0.000000593. The third-order valence-corrected chi connectivity index (χ3v) is 16.1. The fraction of sp³-hybridized carbons (Fsp3) is 0.550. The lowest BCUT2D eigenvalue weighted by atomic mass is 9.95. The first-order valence-electron chi connectivity index (χ1n) is 28.6. The number of benzene rings is 2. The van der Waals surface area contributed by atoms with Crippen LogP contribution in [0.25, 0.3) is 0 Å². The molecule has 29 heteroatoms. The monoisotopic (exact) mass is 1360 g/mol. The van der Waals surface area contributed by atoms with Gasteiger partial charge in [0.1, 0.15) is 51.6 Å². The number of fused-ring (bicyclic) bond motifs is 4. The van der Waals surface area contributed by atoms with Gasteiger partial charge in [0.05, 0.1) is 36.7 Å². The lowest BCUT2D eigenvalue weighted by molar-refractivity contribution is -0.144. The Bertz CT molecular complexity index is 2890. The third kappa shape index (κ3) is 26.3. The molecule has 496 valence electrons. The highest BCUT2D eigenvalue weighted by atomic mass is 79.9. The number of aliphatic carboxylic acids is 1. The first-order chi connectivity index (χ1) is 41.7. The second-order valence-corrected chi connectivity index (χ2v) is 24.3. The summed E-state index contributed by atoms with van der Waals surface area (Å²) in [6.45, 7) is 15.6. The third-order valence-electron chi connectivity index (χ3n) is 13.7. The minimum atomic E-state index is -1.71. The molecular weight excluding hydrogens is 1270 g/mol. The van der Waals surface area contributed by atoms with Crippen LogP contribution < -0.4 is 42.0 Å². The van der Waals surface area contributed by atoms with Crippen LogP contribution in [0.5, 0.6) is 5.75 Å². The minimum absolute atomic E-state index is 0.0247. The van der Waals surface area contributed by atoms with E-state index in [-0.39, 0.29) is 68.0 Å². The highest BCUT2D eigenvalue weighted by Crippen LogP contribution is 2.40. The molecule has 0 spiro atoms. The van der Waals surface area contributed by atoms with Crippen LogP contribution in [-0.4, -0.2) is 167 Å². The van der Waals surface area contributed by atoms with Crippen molar-refractivity contribution in [3.8, 4) is 5.75 Å². The Morgan fingerprint density at radius 2 is 1.69 bits per heavy atom. The number of hydrogen-bond donors (Lipinski definition) is 9. The quantitative estimate of drug-likeness (QED) is 0.0238. The van der Waals surface area contributed by atoms with E-state index < -0.39 is 117 Å². The number of nitrogens with two attached hydrogens (primary N) is 1. The average molecular weight is 1360 g/mol. The highest BCUT2D eigenvalue weighted by Gasteiger charge is 2.47. The van der Waals surface area contributed by atoms with Gasteiger partial charge in [0.2, 0.25) is 23.6 Å². The molecule has 8 atom stereocenters. The number of methoxy groups -OCH3 is 2. The van der Waals surface area contributed by atoms with Gasteiger partial charge < -0.3 is 71.1 Å². The molecule has 10 N–H and O–H groups in total. The Hall–Kier alpha value is -6.85. The molecule has 1 saturated heterocycles. The predicted molar refractivity (Wildman–Crippen MR) is 338 cm³/mol. The lowest BCUT2D eigenvalue weighted by Gasteiger charge is -2.42. The van der Waals surface area contributed by atoms with E-state index in [1.165, 1.54) is 44.2 Å².